The van der Waals surface area contributed by atoms with E-state index in [-0.39, 0.29) is 0 Å². The van der Waals surface area contributed by atoms with Gasteiger partial charge in [0.2, 0.25) is 0 Å². The number of hydrogen-bond acceptors (Lipinski definition) is 2. The third-order valence-corrected chi connectivity index (χ3v) is 2.87. The number of benzene rings is 1. The lowest BCUT2D eigenvalue weighted by Crippen LogP contribution is -2.16. The normalized spacial score (nSPS) is 10.1. The molecule has 0 aliphatic rings. The Morgan fingerprint density at radius 2 is 2.07 bits per heavy atom. The first-order valence-electron chi connectivity index (χ1n) is 4.84. The second-order valence-corrected chi connectivity index (χ2v) is 4.32. The van der Waals surface area contributed by atoms with Crippen molar-refractivity contribution < 1.29 is 0 Å². The number of hydrogen-bond donors (Lipinski definition) is 1. The van der Waals surface area contributed by atoms with E-state index in [0.29, 0.717) is 0 Å². The summed E-state index contributed by atoms with van der Waals surface area (Å²) in [7, 11) is 0. The molecule has 0 radical (unpaired) electrons. The Labute approximate surface area is 90.6 Å². The molecule has 1 rings (SSSR count). The second kappa shape index (κ2) is 6.68. The van der Waals surface area contributed by atoms with Crippen LogP contribution in [0.15, 0.2) is 41.8 Å². The molecule has 0 spiro atoms. The first-order valence-corrected chi connectivity index (χ1v) is 5.82. The van der Waals surface area contributed by atoms with Crippen molar-refractivity contribution in [1.82, 2.24) is 5.32 Å². The SMILES string of the molecule is C=CCNCCSc1ccc(C)cc1. The molecular formula is C12H17NS. The second-order valence-electron chi connectivity index (χ2n) is 3.15. The Morgan fingerprint density at radius 3 is 2.71 bits per heavy atom. The van der Waals surface area contributed by atoms with Crippen molar-refractivity contribution in [3.63, 3.8) is 0 Å². The summed E-state index contributed by atoms with van der Waals surface area (Å²) in [6, 6.07) is 8.65. The Bertz CT molecular complexity index is 266. The molecule has 0 aliphatic heterocycles. The van der Waals surface area contributed by atoms with Gasteiger partial charge in [-0.15, -0.1) is 18.3 Å². The fourth-order valence-electron chi connectivity index (χ4n) is 1.08. The lowest BCUT2D eigenvalue weighted by molar-refractivity contribution is 0.807. The van der Waals surface area contributed by atoms with Gasteiger partial charge in [-0.1, -0.05) is 23.8 Å². The monoisotopic (exact) mass is 207 g/mol. The zero-order valence-corrected chi connectivity index (χ0v) is 9.44. The van der Waals surface area contributed by atoms with E-state index >= 15 is 0 Å². The van der Waals surface area contributed by atoms with Crippen molar-refractivity contribution in [3.8, 4) is 0 Å². The van der Waals surface area contributed by atoms with E-state index in [9.17, 15) is 0 Å². The zero-order valence-electron chi connectivity index (χ0n) is 8.62. The smallest absolute Gasteiger partial charge is 0.0132 e. The van der Waals surface area contributed by atoms with E-state index in [0.717, 1.165) is 18.8 Å². The standard InChI is InChI=1S/C12H17NS/c1-3-8-13-9-10-14-12-6-4-11(2)5-7-12/h3-7,13H,1,8-10H2,2H3. The lowest BCUT2D eigenvalue weighted by Gasteiger charge is -2.02. The predicted octanol–water partition coefficient (Wildman–Crippen LogP) is 2.86. The van der Waals surface area contributed by atoms with Crippen LogP contribution in [0.1, 0.15) is 5.56 Å². The van der Waals surface area contributed by atoms with E-state index in [1.807, 2.05) is 17.8 Å². The molecule has 0 saturated heterocycles. The van der Waals surface area contributed by atoms with Gasteiger partial charge in [0.05, 0.1) is 0 Å². The van der Waals surface area contributed by atoms with Crippen LogP contribution in [0, 0.1) is 6.92 Å². The van der Waals surface area contributed by atoms with E-state index in [1.54, 1.807) is 0 Å². The van der Waals surface area contributed by atoms with Crippen LogP contribution in [0.3, 0.4) is 0 Å². The molecule has 1 aromatic rings. The number of nitrogens with one attached hydrogen (secondary N) is 1. The molecule has 0 fully saturated rings. The van der Waals surface area contributed by atoms with Crippen molar-refractivity contribution in [2.24, 2.45) is 0 Å². The van der Waals surface area contributed by atoms with Crippen molar-refractivity contribution >= 4 is 11.8 Å². The quantitative estimate of drug-likeness (QED) is 0.437. The summed E-state index contributed by atoms with van der Waals surface area (Å²) in [5.41, 5.74) is 1.32. The van der Waals surface area contributed by atoms with Crippen LogP contribution in [0.4, 0.5) is 0 Å². The van der Waals surface area contributed by atoms with Gasteiger partial charge in [0, 0.05) is 23.7 Å². The van der Waals surface area contributed by atoms with Crippen LogP contribution in [-0.4, -0.2) is 18.8 Å². The molecule has 0 aromatic heterocycles. The molecule has 0 unspecified atom stereocenters. The minimum Gasteiger partial charge on any atom is -0.312 e. The molecule has 0 bridgehead atoms. The molecule has 0 saturated carbocycles. The highest BCUT2D eigenvalue weighted by molar-refractivity contribution is 7.99. The largest absolute Gasteiger partial charge is 0.312 e. The summed E-state index contributed by atoms with van der Waals surface area (Å²) in [4.78, 5) is 1.34. The molecule has 76 valence electrons. The summed E-state index contributed by atoms with van der Waals surface area (Å²) in [6.07, 6.45) is 1.89. The Balaban J connectivity index is 2.18. The van der Waals surface area contributed by atoms with Crippen LogP contribution in [-0.2, 0) is 0 Å². The molecule has 1 N–H and O–H groups in total. The fraction of sp³-hybridized carbons (Fsp3) is 0.333. The Hall–Kier alpha value is -0.730. The van der Waals surface area contributed by atoms with Gasteiger partial charge in [-0.3, -0.25) is 0 Å². The summed E-state index contributed by atoms with van der Waals surface area (Å²) < 4.78 is 0. The minimum absolute atomic E-state index is 0.897. The molecule has 0 aliphatic carbocycles. The number of thioether (sulfide) groups is 1. The Kier molecular flexibility index (Phi) is 5.42. The number of aryl methyl sites for hydroxylation is 1. The van der Waals surface area contributed by atoms with Crippen molar-refractivity contribution in [1.29, 1.82) is 0 Å². The highest BCUT2D eigenvalue weighted by Gasteiger charge is 1.92. The van der Waals surface area contributed by atoms with Gasteiger partial charge in [0.25, 0.3) is 0 Å². The summed E-state index contributed by atoms with van der Waals surface area (Å²) >= 11 is 1.88. The van der Waals surface area contributed by atoms with E-state index < -0.39 is 0 Å². The average molecular weight is 207 g/mol. The van der Waals surface area contributed by atoms with Gasteiger partial charge in [-0.2, -0.15) is 0 Å². The minimum atomic E-state index is 0.897. The topological polar surface area (TPSA) is 12.0 Å². The van der Waals surface area contributed by atoms with Crippen LogP contribution >= 0.6 is 11.8 Å². The molecule has 2 heteroatoms. The average Bonchev–Trinajstić information content (AvgIpc) is 2.21. The van der Waals surface area contributed by atoms with Gasteiger partial charge in [-0.05, 0) is 19.1 Å². The first kappa shape index (κ1) is 11.3. The first-order chi connectivity index (χ1) is 6.83. The maximum absolute atomic E-state index is 3.66. The lowest BCUT2D eigenvalue weighted by atomic mass is 10.2. The van der Waals surface area contributed by atoms with E-state index in [4.69, 9.17) is 0 Å². The van der Waals surface area contributed by atoms with E-state index in [2.05, 4.69) is 43.1 Å². The fourth-order valence-corrected chi connectivity index (χ4v) is 1.89. The highest BCUT2D eigenvalue weighted by Crippen LogP contribution is 2.17. The van der Waals surface area contributed by atoms with Crippen LogP contribution in [0.2, 0.25) is 0 Å². The predicted molar refractivity (Wildman–Crippen MR) is 65.0 cm³/mol. The Morgan fingerprint density at radius 1 is 1.36 bits per heavy atom. The molecule has 14 heavy (non-hydrogen) atoms. The van der Waals surface area contributed by atoms with Gasteiger partial charge in [0.15, 0.2) is 0 Å². The third-order valence-electron chi connectivity index (χ3n) is 1.86. The maximum atomic E-state index is 3.66. The van der Waals surface area contributed by atoms with Crippen molar-refractivity contribution in [2.45, 2.75) is 11.8 Å². The molecule has 1 aromatic carbocycles. The van der Waals surface area contributed by atoms with Crippen molar-refractivity contribution in [2.75, 3.05) is 18.8 Å². The molecular weight excluding hydrogens is 190 g/mol. The van der Waals surface area contributed by atoms with Crippen molar-refractivity contribution in [3.05, 3.63) is 42.5 Å². The van der Waals surface area contributed by atoms with Gasteiger partial charge >= 0.3 is 0 Å². The summed E-state index contributed by atoms with van der Waals surface area (Å²) in [6.45, 7) is 7.70. The van der Waals surface area contributed by atoms with Gasteiger partial charge in [0.1, 0.15) is 0 Å². The highest BCUT2D eigenvalue weighted by atomic mass is 32.2. The van der Waals surface area contributed by atoms with Crippen LogP contribution < -0.4 is 5.32 Å². The van der Waals surface area contributed by atoms with Crippen LogP contribution in [0.5, 0.6) is 0 Å². The maximum Gasteiger partial charge on any atom is 0.0132 e. The van der Waals surface area contributed by atoms with Gasteiger partial charge < -0.3 is 5.32 Å². The molecule has 1 nitrogen and oxygen atoms in total. The molecule has 0 amide bonds. The molecule has 0 atom stereocenters. The number of rotatable bonds is 6. The third kappa shape index (κ3) is 4.49. The summed E-state index contributed by atoms with van der Waals surface area (Å²) in [5.74, 6) is 1.11. The van der Waals surface area contributed by atoms with E-state index in [1.165, 1.54) is 10.5 Å². The zero-order chi connectivity index (χ0) is 10.2. The molecule has 0 heterocycles. The van der Waals surface area contributed by atoms with Gasteiger partial charge in [-0.25, -0.2) is 0 Å². The summed E-state index contributed by atoms with van der Waals surface area (Å²) in [5, 5.41) is 3.28. The van der Waals surface area contributed by atoms with Crippen LogP contribution in [0.25, 0.3) is 0 Å².